The molecule has 1 heterocycles. The van der Waals surface area contributed by atoms with Crippen LogP contribution in [0.15, 0.2) is 71.3 Å². The van der Waals surface area contributed by atoms with E-state index in [2.05, 4.69) is 17.6 Å². The van der Waals surface area contributed by atoms with Crippen molar-refractivity contribution in [2.24, 2.45) is 0 Å². The van der Waals surface area contributed by atoms with Gasteiger partial charge in [0.1, 0.15) is 11.5 Å². The second kappa shape index (κ2) is 10.3. The van der Waals surface area contributed by atoms with Crippen LogP contribution < -0.4 is 15.4 Å². The Kier molecular flexibility index (Phi) is 7.27. The Hall–Kier alpha value is -3.54. The Morgan fingerprint density at radius 3 is 2.43 bits per heavy atom. The lowest BCUT2D eigenvalue weighted by Crippen LogP contribution is -2.33. The number of hydrogen-bond acceptors (Lipinski definition) is 4. The van der Waals surface area contributed by atoms with E-state index in [0.717, 1.165) is 6.42 Å². The SMILES string of the molecule is CCc1ccc(OC(CC)C(=O)Nc2ccccc2C(=O)NCc2ccco2)cc1. The Balaban J connectivity index is 1.66. The predicted octanol–water partition coefficient (Wildman–Crippen LogP) is 4.57. The zero-order valence-electron chi connectivity index (χ0n) is 17.2. The summed E-state index contributed by atoms with van der Waals surface area (Å²) in [4.78, 5) is 25.4. The van der Waals surface area contributed by atoms with Crippen LogP contribution in [-0.4, -0.2) is 17.9 Å². The molecule has 0 saturated heterocycles. The van der Waals surface area contributed by atoms with Crippen LogP contribution in [0.2, 0.25) is 0 Å². The number of nitrogens with one attached hydrogen (secondary N) is 2. The smallest absolute Gasteiger partial charge is 0.265 e. The molecule has 30 heavy (non-hydrogen) atoms. The van der Waals surface area contributed by atoms with Gasteiger partial charge in [0.25, 0.3) is 11.8 Å². The summed E-state index contributed by atoms with van der Waals surface area (Å²) in [5.74, 6) is 0.687. The van der Waals surface area contributed by atoms with E-state index >= 15 is 0 Å². The highest BCUT2D eigenvalue weighted by Gasteiger charge is 2.21. The number of amides is 2. The van der Waals surface area contributed by atoms with Gasteiger partial charge < -0.3 is 19.8 Å². The molecule has 0 fully saturated rings. The number of para-hydroxylation sites is 1. The molecule has 1 unspecified atom stereocenters. The van der Waals surface area contributed by atoms with Gasteiger partial charge in [0.2, 0.25) is 0 Å². The number of carbonyl (C=O) groups excluding carboxylic acids is 2. The van der Waals surface area contributed by atoms with Crippen molar-refractivity contribution in [1.82, 2.24) is 5.32 Å². The fraction of sp³-hybridized carbons (Fsp3) is 0.250. The first-order valence-corrected chi connectivity index (χ1v) is 10.1. The molecule has 0 bridgehead atoms. The number of anilines is 1. The lowest BCUT2D eigenvalue weighted by Gasteiger charge is -2.18. The monoisotopic (exact) mass is 406 g/mol. The van der Waals surface area contributed by atoms with Gasteiger partial charge in [-0.25, -0.2) is 0 Å². The molecule has 3 aromatic rings. The van der Waals surface area contributed by atoms with Crippen molar-refractivity contribution in [2.45, 2.75) is 39.3 Å². The van der Waals surface area contributed by atoms with E-state index in [0.29, 0.717) is 29.2 Å². The van der Waals surface area contributed by atoms with E-state index in [9.17, 15) is 9.59 Å². The molecule has 156 valence electrons. The standard InChI is InChI=1S/C24H26N2O4/c1-3-17-11-13-18(14-12-17)30-22(4-2)24(28)26-21-10-6-5-9-20(21)23(27)25-16-19-8-7-15-29-19/h5-15,22H,3-4,16H2,1-2H3,(H,25,27)(H,26,28). The molecule has 2 N–H and O–H groups in total. The Morgan fingerprint density at radius 1 is 1.00 bits per heavy atom. The third-order valence-corrected chi connectivity index (χ3v) is 4.71. The van der Waals surface area contributed by atoms with Gasteiger partial charge >= 0.3 is 0 Å². The molecule has 6 nitrogen and oxygen atoms in total. The van der Waals surface area contributed by atoms with Gasteiger partial charge in [0, 0.05) is 0 Å². The van der Waals surface area contributed by atoms with E-state index < -0.39 is 6.10 Å². The van der Waals surface area contributed by atoms with Crippen molar-refractivity contribution < 1.29 is 18.7 Å². The van der Waals surface area contributed by atoms with Crippen molar-refractivity contribution in [2.75, 3.05) is 5.32 Å². The average molecular weight is 406 g/mol. The van der Waals surface area contributed by atoms with Crippen molar-refractivity contribution in [1.29, 1.82) is 0 Å². The highest BCUT2D eigenvalue weighted by Crippen LogP contribution is 2.19. The molecular weight excluding hydrogens is 380 g/mol. The molecule has 0 spiro atoms. The Morgan fingerprint density at radius 2 is 1.77 bits per heavy atom. The average Bonchev–Trinajstić information content (AvgIpc) is 3.30. The van der Waals surface area contributed by atoms with Crippen LogP contribution in [0.4, 0.5) is 5.69 Å². The van der Waals surface area contributed by atoms with Crippen LogP contribution in [0.1, 0.15) is 41.9 Å². The second-order valence-corrected chi connectivity index (χ2v) is 6.81. The number of aryl methyl sites for hydroxylation is 1. The van der Waals surface area contributed by atoms with Crippen molar-refractivity contribution in [3.63, 3.8) is 0 Å². The van der Waals surface area contributed by atoms with Crippen LogP contribution in [0.5, 0.6) is 5.75 Å². The highest BCUT2D eigenvalue weighted by atomic mass is 16.5. The molecule has 0 aliphatic heterocycles. The lowest BCUT2D eigenvalue weighted by atomic mass is 10.1. The van der Waals surface area contributed by atoms with Gasteiger partial charge in [-0.05, 0) is 54.8 Å². The minimum absolute atomic E-state index is 0.266. The third-order valence-electron chi connectivity index (χ3n) is 4.71. The zero-order valence-corrected chi connectivity index (χ0v) is 17.2. The maximum Gasteiger partial charge on any atom is 0.265 e. The third kappa shape index (κ3) is 5.50. The number of furan rings is 1. The summed E-state index contributed by atoms with van der Waals surface area (Å²) in [7, 11) is 0. The van der Waals surface area contributed by atoms with Crippen LogP contribution in [0, 0.1) is 0 Å². The van der Waals surface area contributed by atoms with Crippen LogP contribution in [0.25, 0.3) is 0 Å². The summed E-state index contributed by atoms with van der Waals surface area (Å²) in [6.07, 6.45) is 2.32. The van der Waals surface area contributed by atoms with E-state index in [-0.39, 0.29) is 18.4 Å². The van der Waals surface area contributed by atoms with Gasteiger partial charge in [-0.1, -0.05) is 38.1 Å². The molecule has 0 radical (unpaired) electrons. The summed E-state index contributed by atoms with van der Waals surface area (Å²) in [6, 6.07) is 18.1. The quantitative estimate of drug-likeness (QED) is 0.546. The van der Waals surface area contributed by atoms with Gasteiger partial charge in [-0.2, -0.15) is 0 Å². The highest BCUT2D eigenvalue weighted by molar-refractivity contribution is 6.04. The van der Waals surface area contributed by atoms with Crippen LogP contribution >= 0.6 is 0 Å². The van der Waals surface area contributed by atoms with E-state index in [4.69, 9.17) is 9.15 Å². The lowest BCUT2D eigenvalue weighted by molar-refractivity contribution is -0.122. The summed E-state index contributed by atoms with van der Waals surface area (Å²) < 4.78 is 11.1. The van der Waals surface area contributed by atoms with Gasteiger partial charge in [-0.3, -0.25) is 9.59 Å². The maximum absolute atomic E-state index is 12.8. The predicted molar refractivity (Wildman–Crippen MR) is 115 cm³/mol. The minimum Gasteiger partial charge on any atom is -0.481 e. The summed E-state index contributed by atoms with van der Waals surface area (Å²) in [5, 5.41) is 5.62. The van der Waals surface area contributed by atoms with E-state index in [1.807, 2.05) is 31.2 Å². The molecule has 1 atom stereocenters. The molecule has 2 aromatic carbocycles. The first kappa shape index (κ1) is 21.2. The molecule has 3 rings (SSSR count). The fourth-order valence-electron chi connectivity index (χ4n) is 2.97. The maximum atomic E-state index is 12.8. The number of ether oxygens (including phenoxy) is 1. The minimum atomic E-state index is -0.670. The molecule has 0 aliphatic rings. The van der Waals surface area contributed by atoms with Crippen molar-refractivity contribution >= 4 is 17.5 Å². The van der Waals surface area contributed by atoms with Crippen molar-refractivity contribution in [3.8, 4) is 5.75 Å². The first-order chi connectivity index (χ1) is 14.6. The first-order valence-electron chi connectivity index (χ1n) is 10.1. The molecule has 0 saturated carbocycles. The summed E-state index contributed by atoms with van der Waals surface area (Å²) in [6.45, 7) is 4.23. The van der Waals surface area contributed by atoms with Crippen LogP contribution in [-0.2, 0) is 17.8 Å². The fourth-order valence-corrected chi connectivity index (χ4v) is 2.97. The molecular formula is C24H26N2O4. The molecule has 6 heteroatoms. The number of hydrogen-bond donors (Lipinski definition) is 2. The largest absolute Gasteiger partial charge is 0.481 e. The number of rotatable bonds is 9. The zero-order chi connectivity index (χ0) is 21.3. The van der Waals surface area contributed by atoms with Crippen LogP contribution in [0.3, 0.4) is 0 Å². The topological polar surface area (TPSA) is 80.6 Å². The Labute approximate surface area is 176 Å². The molecule has 0 aliphatic carbocycles. The second-order valence-electron chi connectivity index (χ2n) is 6.81. The van der Waals surface area contributed by atoms with E-state index in [1.54, 1.807) is 42.7 Å². The summed E-state index contributed by atoms with van der Waals surface area (Å²) >= 11 is 0. The Bertz CT molecular complexity index is 965. The number of benzene rings is 2. The van der Waals surface area contributed by atoms with Gasteiger partial charge in [0.15, 0.2) is 6.10 Å². The van der Waals surface area contributed by atoms with Crippen molar-refractivity contribution in [3.05, 3.63) is 83.8 Å². The van der Waals surface area contributed by atoms with E-state index in [1.165, 1.54) is 5.56 Å². The van der Waals surface area contributed by atoms with Gasteiger partial charge in [0.05, 0.1) is 24.1 Å². The normalized spacial score (nSPS) is 11.5. The number of carbonyl (C=O) groups is 2. The molecule has 1 aromatic heterocycles. The molecule has 2 amide bonds. The van der Waals surface area contributed by atoms with Gasteiger partial charge in [-0.15, -0.1) is 0 Å². The summed E-state index contributed by atoms with van der Waals surface area (Å²) in [5.41, 5.74) is 2.01.